The summed E-state index contributed by atoms with van der Waals surface area (Å²) in [5.74, 6) is -3.69. The molecular weight excluding hydrogens is 374 g/mol. The molecule has 0 saturated heterocycles. The number of benzene rings is 2. The monoisotopic (exact) mass is 389 g/mol. The lowest BCUT2D eigenvalue weighted by Gasteiger charge is -2.15. The molecule has 7 heteroatoms. The van der Waals surface area contributed by atoms with Gasteiger partial charge in [-0.15, -0.1) is 0 Å². The minimum Gasteiger partial charge on any atom is -0.483 e. The van der Waals surface area contributed by atoms with Crippen LogP contribution >= 0.6 is 0 Å². The van der Waals surface area contributed by atoms with E-state index < -0.39 is 34.5 Å². The van der Waals surface area contributed by atoms with Crippen LogP contribution in [0.15, 0.2) is 53.8 Å². The Balaban J connectivity index is 2.02. The molecule has 3 aromatic rings. The van der Waals surface area contributed by atoms with Crippen LogP contribution in [0.1, 0.15) is 16.8 Å². The van der Waals surface area contributed by atoms with Gasteiger partial charge in [0, 0.05) is 17.3 Å². The second-order valence-electron chi connectivity index (χ2n) is 6.04. The molecule has 3 rings (SSSR count). The molecule has 28 heavy (non-hydrogen) atoms. The first kappa shape index (κ1) is 19.4. The van der Waals surface area contributed by atoms with Crippen LogP contribution in [0.3, 0.4) is 0 Å². The van der Waals surface area contributed by atoms with Gasteiger partial charge in [-0.3, -0.25) is 9.36 Å². The molecule has 0 atom stereocenters. The van der Waals surface area contributed by atoms with E-state index in [9.17, 15) is 22.4 Å². The molecule has 0 radical (unpaired) electrons. The van der Waals surface area contributed by atoms with Gasteiger partial charge in [-0.1, -0.05) is 12.7 Å². The molecule has 0 N–H and O–H groups in total. The van der Waals surface area contributed by atoms with E-state index in [1.165, 1.54) is 31.2 Å². The number of nitrogens with zero attached hydrogens (tertiary/aromatic N) is 1. The number of ether oxygens (including phenoxy) is 1. The third-order valence-electron chi connectivity index (χ3n) is 4.14. The molecule has 144 valence electrons. The SMILES string of the molecule is C=Cc1cc(F)c(-n2c(C)ccc(OCc3ccc(F)cc3F)c2=O)c(F)c1. The summed E-state index contributed by atoms with van der Waals surface area (Å²) in [5.41, 5.74) is -0.836. The first-order valence-electron chi connectivity index (χ1n) is 8.23. The Labute approximate surface area is 158 Å². The molecular formula is C21H15F4NO2. The summed E-state index contributed by atoms with van der Waals surface area (Å²) in [4.78, 5) is 12.7. The normalized spacial score (nSPS) is 10.8. The third-order valence-corrected chi connectivity index (χ3v) is 4.14. The van der Waals surface area contributed by atoms with E-state index >= 15 is 0 Å². The Morgan fingerprint density at radius 1 is 1.00 bits per heavy atom. The first-order chi connectivity index (χ1) is 13.3. The Bertz CT molecular complexity index is 1100. The van der Waals surface area contributed by atoms with Crippen LogP contribution in [0.5, 0.6) is 5.75 Å². The van der Waals surface area contributed by atoms with Gasteiger partial charge >= 0.3 is 0 Å². The molecule has 3 nitrogen and oxygen atoms in total. The predicted molar refractivity (Wildman–Crippen MR) is 97.5 cm³/mol. The highest BCUT2D eigenvalue weighted by Crippen LogP contribution is 2.22. The fraction of sp³-hybridized carbons (Fsp3) is 0.0952. The van der Waals surface area contributed by atoms with Crippen molar-refractivity contribution in [2.75, 3.05) is 0 Å². The molecule has 0 fully saturated rings. The van der Waals surface area contributed by atoms with E-state index in [-0.39, 0.29) is 29.2 Å². The van der Waals surface area contributed by atoms with Crippen molar-refractivity contribution < 1.29 is 22.3 Å². The summed E-state index contributed by atoms with van der Waals surface area (Å²) < 4.78 is 61.8. The number of hydrogen-bond acceptors (Lipinski definition) is 2. The van der Waals surface area contributed by atoms with E-state index in [1.807, 2.05) is 0 Å². The Morgan fingerprint density at radius 3 is 2.29 bits per heavy atom. The Hall–Kier alpha value is -3.35. The third kappa shape index (κ3) is 3.69. The standard InChI is InChI=1S/C21H15F4NO2/c1-3-13-8-17(24)20(18(25)9-13)26-12(2)4-7-19(21(26)27)28-11-14-5-6-15(22)10-16(14)23/h3-10H,1,11H2,2H3. The van der Waals surface area contributed by atoms with Gasteiger partial charge < -0.3 is 4.74 Å². The van der Waals surface area contributed by atoms with Crippen LogP contribution in [-0.2, 0) is 6.61 Å². The van der Waals surface area contributed by atoms with Crippen molar-refractivity contribution in [3.05, 3.63) is 99.5 Å². The molecule has 0 aliphatic carbocycles. The summed E-state index contributed by atoms with van der Waals surface area (Å²) >= 11 is 0. The molecule has 0 bridgehead atoms. The van der Waals surface area contributed by atoms with Crippen molar-refractivity contribution in [1.82, 2.24) is 4.57 Å². The largest absolute Gasteiger partial charge is 0.483 e. The van der Waals surface area contributed by atoms with Crippen LogP contribution in [0.2, 0.25) is 0 Å². The average Bonchev–Trinajstić information content (AvgIpc) is 2.64. The van der Waals surface area contributed by atoms with Crippen molar-refractivity contribution in [2.45, 2.75) is 13.5 Å². The van der Waals surface area contributed by atoms with Crippen LogP contribution in [0.25, 0.3) is 11.8 Å². The molecule has 1 aromatic heterocycles. The van der Waals surface area contributed by atoms with Gasteiger partial charge in [0.1, 0.15) is 23.9 Å². The van der Waals surface area contributed by atoms with Crippen molar-refractivity contribution >= 4 is 6.08 Å². The Kier molecular flexibility index (Phi) is 5.35. The highest BCUT2D eigenvalue weighted by atomic mass is 19.1. The zero-order valence-corrected chi connectivity index (χ0v) is 14.8. The fourth-order valence-electron chi connectivity index (χ4n) is 2.71. The minimum atomic E-state index is -0.943. The average molecular weight is 389 g/mol. The maximum absolute atomic E-state index is 14.4. The molecule has 0 unspecified atom stereocenters. The molecule has 0 spiro atoms. The number of rotatable bonds is 5. The van der Waals surface area contributed by atoms with Crippen molar-refractivity contribution in [3.8, 4) is 11.4 Å². The lowest BCUT2D eigenvalue weighted by atomic mass is 10.1. The van der Waals surface area contributed by atoms with Gasteiger partial charge in [0.2, 0.25) is 0 Å². The summed E-state index contributed by atoms with van der Waals surface area (Å²) in [6, 6.07) is 7.81. The lowest BCUT2D eigenvalue weighted by molar-refractivity contribution is 0.293. The second-order valence-corrected chi connectivity index (χ2v) is 6.04. The van der Waals surface area contributed by atoms with E-state index in [0.717, 1.165) is 22.8 Å². The fourth-order valence-corrected chi connectivity index (χ4v) is 2.71. The maximum atomic E-state index is 14.4. The highest BCUT2D eigenvalue weighted by Gasteiger charge is 2.18. The quantitative estimate of drug-likeness (QED) is 0.580. The highest BCUT2D eigenvalue weighted by molar-refractivity contribution is 5.52. The topological polar surface area (TPSA) is 31.2 Å². The Morgan fingerprint density at radius 2 is 1.68 bits per heavy atom. The van der Waals surface area contributed by atoms with Gasteiger partial charge in [0.05, 0.1) is 0 Å². The number of halogens is 4. The van der Waals surface area contributed by atoms with Crippen molar-refractivity contribution in [2.24, 2.45) is 0 Å². The molecule has 0 saturated carbocycles. The molecule has 0 amide bonds. The van der Waals surface area contributed by atoms with E-state index in [0.29, 0.717) is 6.07 Å². The molecule has 1 heterocycles. The van der Waals surface area contributed by atoms with Gasteiger partial charge in [-0.05, 0) is 48.9 Å². The van der Waals surface area contributed by atoms with Gasteiger partial charge in [0.15, 0.2) is 17.4 Å². The van der Waals surface area contributed by atoms with Crippen LogP contribution in [0, 0.1) is 30.2 Å². The first-order valence-corrected chi connectivity index (χ1v) is 8.23. The zero-order chi connectivity index (χ0) is 20.4. The summed E-state index contributed by atoms with van der Waals surface area (Å²) in [6.45, 7) is 4.60. The summed E-state index contributed by atoms with van der Waals surface area (Å²) in [5, 5.41) is 0. The zero-order valence-electron chi connectivity index (χ0n) is 14.8. The van der Waals surface area contributed by atoms with Gasteiger partial charge in [-0.2, -0.15) is 0 Å². The second kappa shape index (κ2) is 7.72. The molecule has 0 aliphatic rings. The van der Waals surface area contributed by atoms with Crippen molar-refractivity contribution in [1.29, 1.82) is 0 Å². The van der Waals surface area contributed by atoms with Gasteiger partial charge in [-0.25, -0.2) is 17.6 Å². The van der Waals surface area contributed by atoms with E-state index in [4.69, 9.17) is 4.74 Å². The predicted octanol–water partition coefficient (Wildman–Crippen LogP) is 4.92. The van der Waals surface area contributed by atoms with Gasteiger partial charge in [0.25, 0.3) is 5.56 Å². The molecule has 0 aliphatic heterocycles. The van der Waals surface area contributed by atoms with Crippen LogP contribution in [-0.4, -0.2) is 4.57 Å². The summed E-state index contributed by atoms with van der Waals surface area (Å²) in [7, 11) is 0. The maximum Gasteiger partial charge on any atom is 0.297 e. The lowest BCUT2D eigenvalue weighted by Crippen LogP contribution is -2.24. The summed E-state index contributed by atoms with van der Waals surface area (Å²) in [6.07, 6.45) is 1.28. The smallest absolute Gasteiger partial charge is 0.297 e. The van der Waals surface area contributed by atoms with Crippen LogP contribution in [0.4, 0.5) is 17.6 Å². The number of hydrogen-bond donors (Lipinski definition) is 0. The van der Waals surface area contributed by atoms with Crippen molar-refractivity contribution in [3.63, 3.8) is 0 Å². The van der Waals surface area contributed by atoms with E-state index in [1.54, 1.807) is 0 Å². The molecule has 2 aromatic carbocycles. The number of aryl methyl sites for hydroxylation is 1. The van der Waals surface area contributed by atoms with Crippen LogP contribution < -0.4 is 10.3 Å². The minimum absolute atomic E-state index is 0.0284. The number of aromatic nitrogens is 1. The number of pyridine rings is 1. The van der Waals surface area contributed by atoms with E-state index in [2.05, 4.69) is 6.58 Å².